The number of rotatable bonds is 7. The van der Waals surface area contributed by atoms with Crippen molar-refractivity contribution in [2.45, 2.75) is 31.5 Å². The van der Waals surface area contributed by atoms with E-state index in [1.807, 2.05) is 31.2 Å². The van der Waals surface area contributed by atoms with Gasteiger partial charge >= 0.3 is 5.97 Å². The van der Waals surface area contributed by atoms with Crippen LogP contribution in [0.2, 0.25) is 0 Å². The maximum absolute atomic E-state index is 10.7. The van der Waals surface area contributed by atoms with Gasteiger partial charge in [0, 0.05) is 6.07 Å². The fourth-order valence-corrected chi connectivity index (χ4v) is 2.30. The first-order valence-electron chi connectivity index (χ1n) is 6.62. The molecule has 21 heavy (non-hydrogen) atoms. The number of hydrogen-bond acceptors (Lipinski definition) is 5. The first-order valence-corrected chi connectivity index (χ1v) is 7.60. The van der Waals surface area contributed by atoms with Crippen molar-refractivity contribution in [1.82, 2.24) is 14.8 Å². The van der Waals surface area contributed by atoms with E-state index >= 15 is 0 Å². The van der Waals surface area contributed by atoms with Crippen LogP contribution in [0.25, 0.3) is 5.69 Å². The highest BCUT2D eigenvalue weighted by molar-refractivity contribution is 7.99. The minimum Gasteiger partial charge on any atom is -0.491 e. The molecule has 0 fully saturated rings. The van der Waals surface area contributed by atoms with E-state index in [1.54, 1.807) is 10.9 Å². The summed E-state index contributed by atoms with van der Waals surface area (Å²) in [5.41, 5.74) is 0.841. The predicted octanol–water partition coefficient (Wildman–Crippen LogP) is 2.62. The molecule has 0 spiro atoms. The van der Waals surface area contributed by atoms with Crippen molar-refractivity contribution in [3.63, 3.8) is 0 Å². The van der Waals surface area contributed by atoms with Crippen molar-refractivity contribution in [3.8, 4) is 11.4 Å². The molecule has 7 heteroatoms. The molecule has 0 amide bonds. The monoisotopic (exact) mass is 307 g/mol. The number of carboxylic acids is 1. The number of hydrogen-bond donors (Lipinski definition) is 1. The highest BCUT2D eigenvalue weighted by atomic mass is 32.2. The molecule has 0 bridgehead atoms. The third-order valence-electron chi connectivity index (χ3n) is 2.85. The van der Waals surface area contributed by atoms with Crippen LogP contribution < -0.4 is 4.74 Å². The van der Waals surface area contributed by atoms with E-state index in [-0.39, 0.29) is 11.9 Å². The highest BCUT2D eigenvalue weighted by Gasteiger charge is 2.10. The molecule has 1 aromatic carbocycles. The molecule has 1 N–H and O–H groups in total. The first kappa shape index (κ1) is 15.4. The lowest BCUT2D eigenvalue weighted by atomic mass is 10.3. The van der Waals surface area contributed by atoms with Gasteiger partial charge < -0.3 is 9.84 Å². The molecule has 1 unspecified atom stereocenters. The van der Waals surface area contributed by atoms with Crippen LogP contribution in [0.3, 0.4) is 0 Å². The Kier molecular flexibility index (Phi) is 5.21. The largest absolute Gasteiger partial charge is 0.491 e. The topological polar surface area (TPSA) is 77.2 Å². The average molecular weight is 307 g/mol. The van der Waals surface area contributed by atoms with Crippen molar-refractivity contribution in [2.24, 2.45) is 0 Å². The van der Waals surface area contributed by atoms with Crippen LogP contribution in [0, 0.1) is 0 Å². The number of carboxylic acid groups (broad SMARTS) is 1. The zero-order valence-corrected chi connectivity index (χ0v) is 12.7. The van der Waals surface area contributed by atoms with Crippen LogP contribution >= 0.6 is 11.8 Å². The normalized spacial score (nSPS) is 12.1. The minimum absolute atomic E-state index is 0.0538. The first-order chi connectivity index (χ1) is 10.1. The number of aliphatic carboxylic acids is 1. The van der Waals surface area contributed by atoms with Crippen molar-refractivity contribution in [2.75, 3.05) is 5.75 Å². The summed E-state index contributed by atoms with van der Waals surface area (Å²) < 4.78 is 7.53. The molecule has 2 aromatic rings. The Hall–Kier alpha value is -2.02. The van der Waals surface area contributed by atoms with Gasteiger partial charge in [-0.3, -0.25) is 9.36 Å². The van der Waals surface area contributed by atoms with Crippen LogP contribution in [0.5, 0.6) is 5.75 Å². The summed E-state index contributed by atoms with van der Waals surface area (Å²) in [5, 5.41) is 17.1. The van der Waals surface area contributed by atoms with E-state index < -0.39 is 5.97 Å². The highest BCUT2D eigenvalue weighted by Crippen LogP contribution is 2.23. The second-order valence-electron chi connectivity index (χ2n) is 4.50. The van der Waals surface area contributed by atoms with Crippen molar-refractivity contribution >= 4 is 17.7 Å². The van der Waals surface area contributed by atoms with Gasteiger partial charge in [0.1, 0.15) is 12.1 Å². The van der Waals surface area contributed by atoms with E-state index in [1.165, 1.54) is 0 Å². The molecule has 0 aliphatic carbocycles. The van der Waals surface area contributed by atoms with Crippen molar-refractivity contribution in [3.05, 3.63) is 30.6 Å². The number of benzene rings is 1. The lowest BCUT2D eigenvalue weighted by Gasteiger charge is -2.14. The lowest BCUT2D eigenvalue weighted by Crippen LogP contribution is -2.10. The van der Waals surface area contributed by atoms with Gasteiger partial charge in [0.05, 0.1) is 17.5 Å². The van der Waals surface area contributed by atoms with E-state index in [9.17, 15) is 4.79 Å². The molecule has 1 aromatic heterocycles. The second kappa shape index (κ2) is 7.12. The van der Waals surface area contributed by atoms with Crippen LogP contribution in [-0.4, -0.2) is 37.7 Å². The summed E-state index contributed by atoms with van der Waals surface area (Å²) in [6, 6.07) is 7.57. The molecule has 0 radical (unpaired) electrons. The predicted molar refractivity (Wildman–Crippen MR) is 80.1 cm³/mol. The molecule has 1 heterocycles. The van der Waals surface area contributed by atoms with E-state index in [4.69, 9.17) is 9.84 Å². The van der Waals surface area contributed by atoms with Crippen LogP contribution in [0.15, 0.2) is 35.7 Å². The SMILES string of the molecule is CCC(C)Oc1cccc(-n2cnnc2SCC(=O)O)c1. The van der Waals surface area contributed by atoms with Crippen LogP contribution in [-0.2, 0) is 4.79 Å². The van der Waals surface area contributed by atoms with Gasteiger partial charge in [-0.15, -0.1) is 10.2 Å². The Labute approximate surface area is 127 Å². The molecule has 0 aliphatic rings. The fraction of sp³-hybridized carbons (Fsp3) is 0.357. The Bertz CT molecular complexity index is 615. The van der Waals surface area contributed by atoms with Gasteiger partial charge in [0.2, 0.25) is 0 Å². The average Bonchev–Trinajstić information content (AvgIpc) is 2.93. The van der Waals surface area contributed by atoms with Gasteiger partial charge in [-0.1, -0.05) is 24.8 Å². The molecule has 0 aliphatic heterocycles. The van der Waals surface area contributed by atoms with Gasteiger partial charge in [0.25, 0.3) is 0 Å². The molecule has 112 valence electrons. The minimum atomic E-state index is -0.886. The summed E-state index contributed by atoms with van der Waals surface area (Å²) in [7, 11) is 0. The maximum Gasteiger partial charge on any atom is 0.313 e. The molecular formula is C14H17N3O3S. The van der Waals surface area contributed by atoms with Crippen LogP contribution in [0.1, 0.15) is 20.3 Å². The third kappa shape index (κ3) is 4.22. The summed E-state index contributed by atoms with van der Waals surface area (Å²) in [6.45, 7) is 4.08. The quantitative estimate of drug-likeness (QED) is 0.792. The third-order valence-corrected chi connectivity index (χ3v) is 3.78. The van der Waals surface area contributed by atoms with Gasteiger partial charge in [-0.2, -0.15) is 0 Å². The standard InChI is InChI=1S/C14H17N3O3S/c1-3-10(2)20-12-6-4-5-11(7-12)17-9-15-16-14(17)21-8-13(18)19/h4-7,9-10H,3,8H2,1-2H3,(H,18,19). The summed E-state index contributed by atoms with van der Waals surface area (Å²) >= 11 is 1.13. The molecule has 1 atom stereocenters. The fourth-order valence-electron chi connectivity index (χ4n) is 1.65. The number of nitrogens with zero attached hydrogens (tertiary/aromatic N) is 3. The number of ether oxygens (including phenoxy) is 1. The van der Waals surface area contributed by atoms with Gasteiger partial charge in [0.15, 0.2) is 5.16 Å². The Morgan fingerprint density at radius 3 is 3.05 bits per heavy atom. The molecular weight excluding hydrogens is 290 g/mol. The summed E-state index contributed by atoms with van der Waals surface area (Å²) in [5.74, 6) is -0.171. The molecule has 0 saturated heterocycles. The number of aromatic nitrogens is 3. The van der Waals surface area contributed by atoms with Crippen molar-refractivity contribution in [1.29, 1.82) is 0 Å². The van der Waals surface area contributed by atoms with Gasteiger partial charge in [-0.05, 0) is 25.5 Å². The molecule has 6 nitrogen and oxygen atoms in total. The Morgan fingerprint density at radius 2 is 2.33 bits per heavy atom. The van der Waals surface area contributed by atoms with Gasteiger partial charge in [-0.25, -0.2) is 0 Å². The van der Waals surface area contributed by atoms with Crippen LogP contribution in [0.4, 0.5) is 0 Å². The van der Waals surface area contributed by atoms with E-state index in [2.05, 4.69) is 17.1 Å². The number of thioether (sulfide) groups is 1. The lowest BCUT2D eigenvalue weighted by molar-refractivity contribution is -0.133. The Morgan fingerprint density at radius 1 is 1.52 bits per heavy atom. The summed E-state index contributed by atoms with van der Waals surface area (Å²) in [4.78, 5) is 10.7. The Balaban J connectivity index is 2.20. The van der Waals surface area contributed by atoms with Crippen molar-refractivity contribution < 1.29 is 14.6 Å². The summed E-state index contributed by atoms with van der Waals surface area (Å²) in [6.07, 6.45) is 2.63. The number of carbonyl (C=O) groups is 1. The smallest absolute Gasteiger partial charge is 0.313 e. The van der Waals surface area contributed by atoms with E-state index in [0.717, 1.165) is 29.6 Å². The zero-order chi connectivity index (χ0) is 15.2. The maximum atomic E-state index is 10.7. The molecule has 0 saturated carbocycles. The second-order valence-corrected chi connectivity index (χ2v) is 5.44. The zero-order valence-electron chi connectivity index (χ0n) is 11.9. The molecule has 2 rings (SSSR count). The van der Waals surface area contributed by atoms with E-state index in [0.29, 0.717) is 5.16 Å².